The highest BCUT2D eigenvalue weighted by Gasteiger charge is 2.60. The van der Waals surface area contributed by atoms with E-state index in [0.717, 1.165) is 44.7 Å². The molecule has 2 aromatic carbocycles. The zero-order valence-electron chi connectivity index (χ0n) is 25.5. The van der Waals surface area contributed by atoms with Gasteiger partial charge in [0.25, 0.3) is 0 Å². The quantitative estimate of drug-likeness (QED) is 0.186. The topological polar surface area (TPSA) is 110 Å². The summed E-state index contributed by atoms with van der Waals surface area (Å²) in [5.74, 6) is 4.20. The predicted molar refractivity (Wildman–Crippen MR) is 173 cm³/mol. The van der Waals surface area contributed by atoms with Gasteiger partial charge in [-0.05, 0) is 65.8 Å². The number of benzene rings is 2. The first-order chi connectivity index (χ1) is 21.2. The van der Waals surface area contributed by atoms with Crippen molar-refractivity contribution >= 4 is 33.1 Å². The Kier molecular flexibility index (Phi) is 6.53. The summed E-state index contributed by atoms with van der Waals surface area (Å²) < 4.78 is 5.61. The van der Waals surface area contributed by atoms with Crippen LogP contribution in [0.5, 0.6) is 5.88 Å². The van der Waals surface area contributed by atoms with Gasteiger partial charge in [0, 0.05) is 41.6 Å². The smallest absolute Gasteiger partial charge is 0.221 e. The summed E-state index contributed by atoms with van der Waals surface area (Å²) in [6.45, 7) is 7.20. The van der Waals surface area contributed by atoms with Gasteiger partial charge in [0.1, 0.15) is 6.07 Å². The molecule has 2 bridgehead atoms. The summed E-state index contributed by atoms with van der Waals surface area (Å²) in [4.78, 5) is 9.04. The molecule has 0 radical (unpaired) electrons. The number of pyridine rings is 2. The fourth-order valence-corrected chi connectivity index (χ4v) is 6.69. The molecule has 0 saturated heterocycles. The monoisotopic (exact) mass is 584 g/mol. The Bertz CT molecular complexity index is 1890. The van der Waals surface area contributed by atoms with Crippen molar-refractivity contribution in [2.45, 2.75) is 51.6 Å². The molecule has 0 unspecified atom stereocenters. The van der Waals surface area contributed by atoms with Gasteiger partial charge in [-0.25, -0.2) is 4.98 Å². The van der Waals surface area contributed by atoms with Crippen LogP contribution < -0.4 is 26.3 Å². The van der Waals surface area contributed by atoms with Crippen molar-refractivity contribution in [1.29, 1.82) is 5.26 Å². The van der Waals surface area contributed by atoms with Crippen molar-refractivity contribution in [1.82, 2.24) is 25.9 Å². The van der Waals surface area contributed by atoms with Crippen molar-refractivity contribution in [3.8, 4) is 24.3 Å². The molecule has 3 heterocycles. The Morgan fingerprint density at radius 3 is 2.64 bits per heavy atom. The number of ether oxygens (including phenoxy) is 1. The van der Waals surface area contributed by atoms with E-state index in [2.05, 4.69) is 81.6 Å². The van der Waals surface area contributed by atoms with E-state index in [-0.39, 0.29) is 17.0 Å². The SMILES string of the molecule is C#Cc1cnc2c(C#N)cc(N[C@H](C3=CN(C45CC(C4)C5)NN3)c3cccc4c(OC)nccc34)cc2c1NCC(C)(C)C. The van der Waals surface area contributed by atoms with E-state index >= 15 is 0 Å². The fraction of sp³-hybridized carbons (Fsp3) is 0.343. The van der Waals surface area contributed by atoms with E-state index in [4.69, 9.17) is 11.2 Å². The highest BCUT2D eigenvalue weighted by atomic mass is 16.5. The highest BCUT2D eigenvalue weighted by Crippen LogP contribution is 2.60. The summed E-state index contributed by atoms with van der Waals surface area (Å²) in [6.07, 6.45) is 15.2. The van der Waals surface area contributed by atoms with Gasteiger partial charge in [-0.1, -0.05) is 38.8 Å². The second-order valence-corrected chi connectivity index (χ2v) is 13.4. The van der Waals surface area contributed by atoms with E-state index in [9.17, 15) is 5.26 Å². The van der Waals surface area contributed by atoms with Crippen LogP contribution in [-0.2, 0) is 0 Å². The normalized spacial score (nSPS) is 20.9. The minimum absolute atomic E-state index is 0.0185. The van der Waals surface area contributed by atoms with Crippen molar-refractivity contribution in [3.05, 3.63) is 77.4 Å². The number of hydrazine groups is 2. The number of nitriles is 1. The standard InChI is InChI=1S/C35H36N8O/c1-6-22-18-38-31-23(17-36)12-24(13-28(31)30(22)39-20-34(2,3)4)40-32(29-19-43(42-41-29)35-14-21(15-35)16-35)26-8-7-9-27-25(26)10-11-37-33(27)44-5/h1,7-13,18-19,21,32,40-42H,14-16,20H2,2-5H3,(H,38,39)/t21?,32-,35?/m0/s1. The first kappa shape index (κ1) is 27.8. The molecule has 0 amide bonds. The third-order valence-corrected chi connectivity index (χ3v) is 9.08. The average Bonchev–Trinajstić information content (AvgIpc) is 3.44. The molecule has 44 heavy (non-hydrogen) atoms. The van der Waals surface area contributed by atoms with Crippen molar-refractivity contribution in [2.75, 3.05) is 24.3 Å². The van der Waals surface area contributed by atoms with Crippen LogP contribution in [0.4, 0.5) is 11.4 Å². The Hall–Kier alpha value is -4.99. The van der Waals surface area contributed by atoms with Crippen molar-refractivity contribution in [2.24, 2.45) is 11.3 Å². The molecular formula is C35H36N8O. The molecule has 1 atom stereocenters. The van der Waals surface area contributed by atoms with Crippen LogP contribution in [0.15, 0.2) is 60.7 Å². The molecular weight excluding hydrogens is 548 g/mol. The lowest BCUT2D eigenvalue weighted by Crippen LogP contribution is -2.69. The third-order valence-electron chi connectivity index (χ3n) is 9.08. The zero-order chi connectivity index (χ0) is 30.6. The van der Waals surface area contributed by atoms with Crippen LogP contribution in [0.2, 0.25) is 0 Å². The molecule has 4 N–H and O–H groups in total. The van der Waals surface area contributed by atoms with E-state index in [0.29, 0.717) is 29.1 Å². The minimum Gasteiger partial charge on any atom is -0.481 e. The molecule has 2 aromatic heterocycles. The maximum atomic E-state index is 10.2. The van der Waals surface area contributed by atoms with Gasteiger partial charge in [0.15, 0.2) is 0 Å². The first-order valence-corrected chi connectivity index (χ1v) is 15.0. The Labute approximate surface area is 257 Å². The van der Waals surface area contributed by atoms with E-state index < -0.39 is 0 Å². The molecule has 9 nitrogen and oxygen atoms in total. The number of nitrogens with one attached hydrogen (secondary N) is 4. The summed E-state index contributed by atoms with van der Waals surface area (Å²) >= 11 is 0. The summed E-state index contributed by atoms with van der Waals surface area (Å²) in [5.41, 5.74) is 12.4. The van der Waals surface area contributed by atoms with Gasteiger partial charge in [-0.15, -0.1) is 12.0 Å². The summed E-state index contributed by atoms with van der Waals surface area (Å²) in [6, 6.07) is 14.1. The molecule has 3 saturated carbocycles. The molecule has 1 aliphatic heterocycles. The number of fused-ring (bicyclic) bond motifs is 2. The molecule has 8 rings (SSSR count). The van der Waals surface area contributed by atoms with Crippen LogP contribution in [0.3, 0.4) is 0 Å². The van der Waals surface area contributed by atoms with Gasteiger partial charge < -0.3 is 20.8 Å². The van der Waals surface area contributed by atoms with Gasteiger partial charge in [-0.2, -0.15) is 5.26 Å². The molecule has 4 aliphatic rings. The largest absolute Gasteiger partial charge is 0.481 e. The number of hydrogen-bond donors (Lipinski definition) is 4. The molecule has 3 aliphatic carbocycles. The Morgan fingerprint density at radius 1 is 1.14 bits per heavy atom. The lowest BCUT2D eigenvalue weighted by molar-refractivity contribution is -0.141. The highest BCUT2D eigenvalue weighted by molar-refractivity contribution is 5.99. The molecule has 222 valence electrons. The molecule has 0 spiro atoms. The second-order valence-electron chi connectivity index (χ2n) is 13.4. The zero-order valence-corrected chi connectivity index (χ0v) is 25.5. The molecule has 3 fully saturated rings. The minimum atomic E-state index is -0.297. The Balaban J connectivity index is 1.36. The number of aromatic nitrogens is 2. The van der Waals surface area contributed by atoms with E-state index in [1.165, 1.54) is 19.3 Å². The fourth-order valence-electron chi connectivity index (χ4n) is 6.69. The Morgan fingerprint density at radius 2 is 1.95 bits per heavy atom. The number of hydrogen-bond acceptors (Lipinski definition) is 9. The van der Waals surface area contributed by atoms with Crippen molar-refractivity contribution in [3.63, 3.8) is 0 Å². The van der Waals surface area contributed by atoms with Gasteiger partial charge in [0.05, 0.1) is 46.7 Å². The van der Waals surface area contributed by atoms with Crippen LogP contribution in [0.25, 0.3) is 21.7 Å². The summed E-state index contributed by atoms with van der Waals surface area (Å²) in [7, 11) is 1.64. The number of methoxy groups -OCH3 is 1. The average molecular weight is 585 g/mol. The van der Waals surface area contributed by atoms with Gasteiger partial charge >= 0.3 is 0 Å². The van der Waals surface area contributed by atoms with Crippen LogP contribution in [0.1, 0.15) is 62.8 Å². The van der Waals surface area contributed by atoms with Crippen LogP contribution in [0, 0.1) is 35.0 Å². The van der Waals surface area contributed by atoms with E-state index in [1.54, 1.807) is 19.5 Å². The van der Waals surface area contributed by atoms with Gasteiger partial charge in [0.2, 0.25) is 5.88 Å². The maximum absolute atomic E-state index is 10.2. The number of nitrogens with zero attached hydrogens (tertiary/aromatic N) is 4. The van der Waals surface area contributed by atoms with Crippen molar-refractivity contribution < 1.29 is 4.74 Å². The number of anilines is 2. The number of rotatable bonds is 8. The lowest BCUT2D eigenvalue weighted by Gasteiger charge is -2.64. The molecule has 9 heteroatoms. The van der Waals surface area contributed by atoms with E-state index in [1.807, 2.05) is 30.3 Å². The van der Waals surface area contributed by atoms with Crippen LogP contribution >= 0.6 is 0 Å². The van der Waals surface area contributed by atoms with Gasteiger partial charge in [-0.3, -0.25) is 9.99 Å². The molecule has 4 aromatic rings. The second kappa shape index (κ2) is 10.3. The maximum Gasteiger partial charge on any atom is 0.221 e. The predicted octanol–water partition coefficient (Wildman–Crippen LogP) is 5.97. The lowest BCUT2D eigenvalue weighted by atomic mass is 9.49. The third kappa shape index (κ3) is 4.61. The number of terminal acetylenes is 1. The summed E-state index contributed by atoms with van der Waals surface area (Å²) in [5, 5.41) is 22.5. The first-order valence-electron chi connectivity index (χ1n) is 15.0. The van der Waals surface area contributed by atoms with Crippen LogP contribution in [-0.4, -0.2) is 34.2 Å².